The van der Waals surface area contributed by atoms with Gasteiger partial charge in [0, 0.05) is 18.6 Å². The highest BCUT2D eigenvalue weighted by Gasteiger charge is 2.24. The summed E-state index contributed by atoms with van der Waals surface area (Å²) in [5.74, 6) is -1.16. The summed E-state index contributed by atoms with van der Waals surface area (Å²) in [6.07, 6.45) is -0.0840. The van der Waals surface area contributed by atoms with Crippen LogP contribution < -0.4 is 14.8 Å². The Morgan fingerprint density at radius 1 is 1.40 bits per heavy atom. The first-order valence-electron chi connectivity index (χ1n) is 5.76. The van der Waals surface area contributed by atoms with Crippen LogP contribution in [0.5, 0.6) is 11.5 Å². The number of carboxylic acids is 1. The van der Waals surface area contributed by atoms with Crippen LogP contribution in [0.4, 0.5) is 0 Å². The maximum atomic E-state index is 12.0. The van der Waals surface area contributed by atoms with Crippen molar-refractivity contribution in [2.75, 3.05) is 13.4 Å². The molecule has 3 N–H and O–H groups in total. The zero-order chi connectivity index (χ0) is 14.7. The molecule has 1 atom stereocenters. The van der Waals surface area contributed by atoms with Gasteiger partial charge in [-0.2, -0.15) is 0 Å². The summed E-state index contributed by atoms with van der Waals surface area (Å²) in [7, 11) is 0. The zero-order valence-corrected chi connectivity index (χ0v) is 11.0. The Hall–Kier alpha value is -1.99. The molecule has 2 rings (SSSR count). The molecule has 0 fully saturated rings. The predicted molar refractivity (Wildman–Crippen MR) is 68.2 cm³/mol. The molecule has 8 heteroatoms. The van der Waals surface area contributed by atoms with Crippen LogP contribution in [-0.4, -0.2) is 41.5 Å². The van der Waals surface area contributed by atoms with Gasteiger partial charge in [0.05, 0.1) is 5.02 Å². The molecule has 0 aromatic heterocycles. The Kier molecular flexibility index (Phi) is 4.31. The van der Waals surface area contributed by atoms with E-state index in [4.69, 9.17) is 31.3 Å². The van der Waals surface area contributed by atoms with Crippen LogP contribution in [0, 0.1) is 0 Å². The van der Waals surface area contributed by atoms with Crippen molar-refractivity contribution in [3.05, 3.63) is 22.7 Å². The summed E-state index contributed by atoms with van der Waals surface area (Å²) < 4.78 is 10.2. The number of ether oxygens (including phenoxy) is 2. The molecule has 7 nitrogen and oxygen atoms in total. The minimum absolute atomic E-state index is 0.0163. The summed E-state index contributed by atoms with van der Waals surface area (Å²) in [5, 5.41) is 20.2. The molecule has 20 heavy (non-hydrogen) atoms. The summed E-state index contributed by atoms with van der Waals surface area (Å²) in [4.78, 5) is 22.9. The molecule has 0 bridgehead atoms. The Morgan fingerprint density at radius 2 is 2.15 bits per heavy atom. The van der Waals surface area contributed by atoms with Gasteiger partial charge in [0.2, 0.25) is 6.79 Å². The van der Waals surface area contributed by atoms with E-state index < -0.39 is 17.9 Å². The number of benzene rings is 1. The standard InChI is InChI=1S/C12H12ClNO6/c13-7-3-6(4-9-10(7)20-5-19-9)11(16)14-8(1-2-15)12(17)18/h3-4,8,15H,1-2,5H2,(H,14,16)(H,17,18). The van der Waals surface area contributed by atoms with Gasteiger partial charge in [-0.3, -0.25) is 4.79 Å². The lowest BCUT2D eigenvalue weighted by Crippen LogP contribution is -2.41. The Labute approximate surface area is 119 Å². The average Bonchev–Trinajstić information content (AvgIpc) is 2.86. The van der Waals surface area contributed by atoms with E-state index >= 15 is 0 Å². The third-order valence-corrected chi connectivity index (χ3v) is 2.99. The SMILES string of the molecule is O=C(NC(CCO)C(=O)O)c1cc(Cl)c2c(c1)OCO2. The van der Waals surface area contributed by atoms with Gasteiger partial charge in [-0.1, -0.05) is 11.6 Å². The third kappa shape index (κ3) is 2.94. The Morgan fingerprint density at radius 3 is 2.80 bits per heavy atom. The van der Waals surface area contributed by atoms with Crippen LogP contribution in [0.25, 0.3) is 0 Å². The van der Waals surface area contributed by atoms with Crippen molar-refractivity contribution < 1.29 is 29.3 Å². The lowest BCUT2D eigenvalue weighted by Gasteiger charge is -2.13. The zero-order valence-electron chi connectivity index (χ0n) is 10.3. The number of carbonyl (C=O) groups is 2. The van der Waals surface area contributed by atoms with E-state index in [1.165, 1.54) is 12.1 Å². The van der Waals surface area contributed by atoms with Crippen molar-refractivity contribution in [1.82, 2.24) is 5.32 Å². The van der Waals surface area contributed by atoms with E-state index in [-0.39, 0.29) is 30.4 Å². The second-order valence-electron chi connectivity index (χ2n) is 4.07. The van der Waals surface area contributed by atoms with E-state index in [0.29, 0.717) is 11.5 Å². The van der Waals surface area contributed by atoms with Gasteiger partial charge in [0.25, 0.3) is 5.91 Å². The van der Waals surface area contributed by atoms with Gasteiger partial charge in [-0.15, -0.1) is 0 Å². The van der Waals surface area contributed by atoms with Crippen molar-refractivity contribution >= 4 is 23.5 Å². The molecule has 0 saturated heterocycles. The topological polar surface area (TPSA) is 105 Å². The van der Waals surface area contributed by atoms with Gasteiger partial charge in [-0.25, -0.2) is 4.79 Å². The van der Waals surface area contributed by atoms with Crippen molar-refractivity contribution in [2.24, 2.45) is 0 Å². The highest BCUT2D eigenvalue weighted by molar-refractivity contribution is 6.32. The van der Waals surface area contributed by atoms with Crippen LogP contribution >= 0.6 is 11.6 Å². The fraction of sp³-hybridized carbons (Fsp3) is 0.333. The van der Waals surface area contributed by atoms with E-state index in [1.54, 1.807) is 0 Å². The normalized spacial score (nSPS) is 13.9. The van der Waals surface area contributed by atoms with Crippen molar-refractivity contribution in [1.29, 1.82) is 0 Å². The third-order valence-electron chi connectivity index (χ3n) is 2.71. The quantitative estimate of drug-likeness (QED) is 0.737. The number of aliphatic hydroxyl groups excluding tert-OH is 1. The maximum Gasteiger partial charge on any atom is 0.326 e. The first-order valence-corrected chi connectivity index (χ1v) is 6.14. The monoisotopic (exact) mass is 301 g/mol. The molecule has 1 amide bonds. The van der Waals surface area contributed by atoms with Crippen LogP contribution in [0.3, 0.4) is 0 Å². The highest BCUT2D eigenvalue weighted by atomic mass is 35.5. The molecule has 1 unspecified atom stereocenters. The fourth-order valence-electron chi connectivity index (χ4n) is 1.73. The number of carbonyl (C=O) groups excluding carboxylic acids is 1. The number of fused-ring (bicyclic) bond motifs is 1. The first-order chi connectivity index (χ1) is 9.52. The van der Waals surface area contributed by atoms with Gasteiger partial charge < -0.3 is 25.0 Å². The van der Waals surface area contributed by atoms with E-state index in [1.807, 2.05) is 0 Å². The van der Waals surface area contributed by atoms with Crippen LogP contribution in [0.15, 0.2) is 12.1 Å². The number of hydrogen-bond acceptors (Lipinski definition) is 5. The summed E-state index contributed by atoms with van der Waals surface area (Å²) in [6.45, 7) is -0.332. The number of aliphatic hydroxyl groups is 1. The summed E-state index contributed by atoms with van der Waals surface area (Å²) in [6, 6.07) is 1.61. The van der Waals surface area contributed by atoms with Crippen LogP contribution in [0.2, 0.25) is 5.02 Å². The maximum absolute atomic E-state index is 12.0. The average molecular weight is 302 g/mol. The Balaban J connectivity index is 2.17. The molecule has 108 valence electrons. The molecule has 0 saturated carbocycles. The predicted octanol–water partition coefficient (Wildman–Crippen LogP) is 0.634. The fourth-order valence-corrected chi connectivity index (χ4v) is 1.99. The lowest BCUT2D eigenvalue weighted by atomic mass is 10.1. The molecule has 0 radical (unpaired) electrons. The number of nitrogens with one attached hydrogen (secondary N) is 1. The summed E-state index contributed by atoms with van der Waals surface area (Å²) in [5.41, 5.74) is 0.156. The van der Waals surface area contributed by atoms with Crippen molar-refractivity contribution in [3.8, 4) is 11.5 Å². The largest absolute Gasteiger partial charge is 0.480 e. The lowest BCUT2D eigenvalue weighted by molar-refractivity contribution is -0.139. The first kappa shape index (κ1) is 14.4. The molecule has 0 spiro atoms. The van der Waals surface area contributed by atoms with Crippen molar-refractivity contribution in [2.45, 2.75) is 12.5 Å². The second-order valence-corrected chi connectivity index (χ2v) is 4.48. The summed E-state index contributed by atoms with van der Waals surface area (Å²) >= 11 is 5.94. The number of amides is 1. The highest BCUT2D eigenvalue weighted by Crippen LogP contribution is 2.39. The number of hydrogen-bond donors (Lipinski definition) is 3. The molecule has 1 aromatic carbocycles. The molecule has 0 aliphatic carbocycles. The van der Waals surface area contributed by atoms with Crippen molar-refractivity contribution in [3.63, 3.8) is 0 Å². The Bertz CT molecular complexity index is 547. The van der Waals surface area contributed by atoms with Crippen LogP contribution in [-0.2, 0) is 4.79 Å². The molecule has 1 aliphatic heterocycles. The number of halogens is 1. The van der Waals surface area contributed by atoms with Gasteiger partial charge >= 0.3 is 5.97 Å². The van der Waals surface area contributed by atoms with E-state index in [2.05, 4.69) is 5.32 Å². The van der Waals surface area contributed by atoms with Crippen LogP contribution in [0.1, 0.15) is 16.8 Å². The second kappa shape index (κ2) is 5.98. The van der Waals surface area contributed by atoms with Gasteiger partial charge in [-0.05, 0) is 12.1 Å². The number of aliphatic carboxylic acids is 1. The molecule has 1 aliphatic rings. The van der Waals surface area contributed by atoms with E-state index in [0.717, 1.165) is 0 Å². The molecular weight excluding hydrogens is 290 g/mol. The number of carboxylic acid groups (broad SMARTS) is 1. The number of rotatable bonds is 5. The van der Waals surface area contributed by atoms with E-state index in [9.17, 15) is 9.59 Å². The minimum atomic E-state index is -1.22. The van der Waals surface area contributed by atoms with Gasteiger partial charge in [0.1, 0.15) is 6.04 Å². The smallest absolute Gasteiger partial charge is 0.326 e. The molecular formula is C12H12ClNO6. The minimum Gasteiger partial charge on any atom is -0.480 e. The van der Waals surface area contributed by atoms with Gasteiger partial charge in [0.15, 0.2) is 11.5 Å². The molecule has 1 heterocycles. The molecule has 1 aromatic rings.